The first-order valence-electron chi connectivity index (χ1n) is 10.8. The van der Waals surface area contributed by atoms with Gasteiger partial charge in [0.2, 0.25) is 0 Å². The van der Waals surface area contributed by atoms with Crippen molar-refractivity contribution >= 4 is 18.2 Å². The van der Waals surface area contributed by atoms with Gasteiger partial charge in [-0.25, -0.2) is 14.0 Å². The summed E-state index contributed by atoms with van der Waals surface area (Å²) in [5.41, 5.74) is 4.25. The molecule has 11 heteroatoms. The Labute approximate surface area is 201 Å². The van der Waals surface area contributed by atoms with E-state index in [1.807, 2.05) is 0 Å². The lowest BCUT2D eigenvalue weighted by Crippen LogP contribution is -2.45. The number of carbonyl (C=O) groups is 2. The van der Waals surface area contributed by atoms with Gasteiger partial charge < -0.3 is 30.0 Å². The summed E-state index contributed by atoms with van der Waals surface area (Å²) in [5, 5.41) is 19.3. The number of allylic oxidation sites excluding steroid dienone is 1. The summed E-state index contributed by atoms with van der Waals surface area (Å²) in [6, 6.07) is 9.57. The minimum absolute atomic E-state index is 0.170. The van der Waals surface area contributed by atoms with E-state index in [-0.39, 0.29) is 12.2 Å². The maximum Gasteiger partial charge on any atom is 0.337 e. The molecular weight excluding hydrogens is 459 g/mol. The number of rotatable bonds is 10. The van der Waals surface area contributed by atoms with Crippen LogP contribution in [0, 0.1) is 5.82 Å². The lowest BCUT2D eigenvalue weighted by atomic mass is 9.95. The number of urea groups is 1. The van der Waals surface area contributed by atoms with Gasteiger partial charge in [0.25, 0.3) is 0 Å². The van der Waals surface area contributed by atoms with Gasteiger partial charge in [0.15, 0.2) is 17.7 Å². The Morgan fingerprint density at radius 1 is 1.26 bits per heavy atom. The number of methoxy groups -OCH3 is 1. The van der Waals surface area contributed by atoms with Gasteiger partial charge in [-0.1, -0.05) is 18.2 Å². The highest BCUT2D eigenvalue weighted by Crippen LogP contribution is 2.34. The van der Waals surface area contributed by atoms with Crippen molar-refractivity contribution in [1.29, 1.82) is 0 Å². The molecule has 2 atom stereocenters. The summed E-state index contributed by atoms with van der Waals surface area (Å²) in [6.07, 6.45) is 0.211. The molecule has 0 bridgehead atoms. The van der Waals surface area contributed by atoms with Crippen LogP contribution in [0.15, 0.2) is 58.8 Å². The zero-order chi connectivity index (χ0) is 25.4. The monoisotopic (exact) mass is 486 g/mol. The highest BCUT2D eigenvalue weighted by atomic mass is 19.1. The van der Waals surface area contributed by atoms with E-state index in [1.54, 1.807) is 44.2 Å². The zero-order valence-electron chi connectivity index (χ0n) is 19.5. The van der Waals surface area contributed by atoms with Gasteiger partial charge in [0.05, 0.1) is 31.5 Å². The maximum atomic E-state index is 13.2. The highest BCUT2D eigenvalue weighted by molar-refractivity contribution is 5.95. The molecule has 0 fully saturated rings. The molecule has 2 aromatic carbocycles. The first-order chi connectivity index (χ1) is 16.8. The number of halogens is 1. The van der Waals surface area contributed by atoms with Crippen LogP contribution < -0.4 is 25.5 Å². The lowest BCUT2D eigenvalue weighted by molar-refractivity contribution is -0.136. The summed E-state index contributed by atoms with van der Waals surface area (Å²) in [4.78, 5) is 24.4. The van der Waals surface area contributed by atoms with Crippen molar-refractivity contribution in [2.75, 3.05) is 20.3 Å². The number of ether oxygens (including phenoxy) is 3. The third-order valence-corrected chi connectivity index (χ3v) is 4.96. The second kappa shape index (κ2) is 11.8. The van der Waals surface area contributed by atoms with E-state index in [1.165, 1.54) is 25.5 Å². The van der Waals surface area contributed by atoms with Crippen molar-refractivity contribution in [2.24, 2.45) is 5.10 Å². The number of aliphatic hydroxyl groups excluding tert-OH is 1. The Balaban J connectivity index is 1.71. The average molecular weight is 487 g/mol. The van der Waals surface area contributed by atoms with E-state index in [9.17, 15) is 19.1 Å². The number of hydrazone groups is 1. The largest absolute Gasteiger partial charge is 0.490 e. The second-order valence-corrected chi connectivity index (χ2v) is 7.47. The molecular formula is C24H27FN4O6. The minimum atomic E-state index is -1.16. The standard InChI is InChI=1S/C24H27FN4O6/c1-4-34-19-11-16(22-21(23(31)33-3)14(2)27-24(32)28-22)8-9-18(19)35-13-20(30)29-26-12-15-6-5-7-17(25)10-15/h5-12,20,22,29-30H,4,13H2,1-3H3,(H2,27,28,32)/b26-12-/t20-,22-/m0/s1. The van der Waals surface area contributed by atoms with Gasteiger partial charge in [-0.05, 0) is 49.2 Å². The number of nitrogens with one attached hydrogen (secondary N) is 3. The summed E-state index contributed by atoms with van der Waals surface area (Å²) in [7, 11) is 1.26. The number of hydrogen-bond acceptors (Lipinski definition) is 8. The molecule has 0 radical (unpaired) electrons. The molecule has 2 amide bonds. The molecule has 0 saturated heterocycles. The Bertz CT molecular complexity index is 1140. The molecule has 0 aliphatic carbocycles. The van der Waals surface area contributed by atoms with Crippen LogP contribution in [0.1, 0.15) is 31.0 Å². The Kier molecular flexibility index (Phi) is 8.63. The van der Waals surface area contributed by atoms with Crippen LogP contribution in [-0.4, -0.2) is 49.9 Å². The topological polar surface area (TPSA) is 131 Å². The van der Waals surface area contributed by atoms with Crippen LogP contribution in [-0.2, 0) is 9.53 Å². The molecule has 2 aromatic rings. The van der Waals surface area contributed by atoms with E-state index in [0.717, 1.165) is 0 Å². The number of aliphatic hydroxyl groups is 1. The van der Waals surface area contributed by atoms with Crippen LogP contribution in [0.5, 0.6) is 11.5 Å². The first-order valence-corrected chi connectivity index (χ1v) is 10.8. The van der Waals surface area contributed by atoms with Crippen LogP contribution in [0.25, 0.3) is 0 Å². The zero-order valence-corrected chi connectivity index (χ0v) is 19.5. The van der Waals surface area contributed by atoms with Gasteiger partial charge in [-0.2, -0.15) is 5.10 Å². The number of benzene rings is 2. The van der Waals surface area contributed by atoms with Gasteiger partial charge in [-0.15, -0.1) is 0 Å². The third kappa shape index (κ3) is 6.70. The quantitative estimate of drug-likeness (QED) is 0.176. The summed E-state index contributed by atoms with van der Waals surface area (Å²) >= 11 is 0. The smallest absolute Gasteiger partial charge is 0.337 e. The van der Waals surface area contributed by atoms with Crippen LogP contribution in [0.4, 0.5) is 9.18 Å². The van der Waals surface area contributed by atoms with Crippen LogP contribution in [0.3, 0.4) is 0 Å². The first kappa shape index (κ1) is 25.5. The fraction of sp³-hybridized carbons (Fsp3) is 0.292. The fourth-order valence-electron chi connectivity index (χ4n) is 3.41. The SMILES string of the molecule is CCOc1cc([C@@H]2NC(=O)NC(C)=C2C(=O)OC)ccc1OC[C@H](O)N/N=C\c1cccc(F)c1. The highest BCUT2D eigenvalue weighted by Gasteiger charge is 2.32. The maximum absolute atomic E-state index is 13.2. The van der Waals surface area contributed by atoms with E-state index in [2.05, 4.69) is 21.2 Å². The van der Waals surface area contributed by atoms with Crippen molar-refractivity contribution in [3.05, 3.63) is 70.7 Å². The average Bonchev–Trinajstić information content (AvgIpc) is 2.82. The third-order valence-electron chi connectivity index (χ3n) is 4.96. The minimum Gasteiger partial charge on any atom is -0.490 e. The molecule has 0 spiro atoms. The van der Waals surface area contributed by atoms with E-state index in [0.29, 0.717) is 34.9 Å². The van der Waals surface area contributed by atoms with Crippen molar-refractivity contribution < 1.29 is 33.3 Å². The normalized spacial score (nSPS) is 16.4. The molecule has 1 heterocycles. The van der Waals surface area contributed by atoms with E-state index >= 15 is 0 Å². The Morgan fingerprint density at radius 3 is 2.77 bits per heavy atom. The number of carbonyl (C=O) groups excluding carboxylic acids is 2. The fourth-order valence-corrected chi connectivity index (χ4v) is 3.41. The molecule has 1 aliphatic rings. The number of esters is 1. The second-order valence-electron chi connectivity index (χ2n) is 7.47. The van der Waals surface area contributed by atoms with Crippen molar-refractivity contribution in [1.82, 2.24) is 16.1 Å². The molecule has 1 aliphatic heterocycles. The Hall–Kier alpha value is -4.12. The summed E-state index contributed by atoms with van der Waals surface area (Å²) < 4.78 is 29.4. The molecule has 0 aromatic heterocycles. The van der Waals surface area contributed by atoms with Gasteiger partial charge in [-0.3, -0.25) is 5.43 Å². The Morgan fingerprint density at radius 2 is 2.06 bits per heavy atom. The van der Waals surface area contributed by atoms with Gasteiger partial charge in [0.1, 0.15) is 12.4 Å². The molecule has 0 saturated carbocycles. The number of hydrogen-bond donors (Lipinski definition) is 4. The van der Waals surface area contributed by atoms with Gasteiger partial charge >= 0.3 is 12.0 Å². The van der Waals surface area contributed by atoms with Gasteiger partial charge in [0, 0.05) is 5.70 Å². The molecule has 186 valence electrons. The van der Waals surface area contributed by atoms with Crippen molar-refractivity contribution in [3.8, 4) is 11.5 Å². The lowest BCUT2D eigenvalue weighted by Gasteiger charge is -2.28. The summed E-state index contributed by atoms with van der Waals surface area (Å²) in [5.74, 6) is -0.273. The number of nitrogens with zero attached hydrogens (tertiary/aromatic N) is 1. The molecule has 10 nitrogen and oxygen atoms in total. The predicted octanol–water partition coefficient (Wildman–Crippen LogP) is 2.35. The molecule has 4 N–H and O–H groups in total. The van der Waals surface area contributed by atoms with Crippen molar-refractivity contribution in [2.45, 2.75) is 26.1 Å². The van der Waals surface area contributed by atoms with E-state index < -0.39 is 30.1 Å². The predicted molar refractivity (Wildman–Crippen MR) is 125 cm³/mol. The molecule has 3 rings (SSSR count). The van der Waals surface area contributed by atoms with E-state index in [4.69, 9.17) is 14.2 Å². The number of amides is 2. The van der Waals surface area contributed by atoms with Crippen LogP contribution >= 0.6 is 0 Å². The van der Waals surface area contributed by atoms with Crippen LogP contribution in [0.2, 0.25) is 0 Å². The summed E-state index contributed by atoms with van der Waals surface area (Å²) in [6.45, 7) is 3.57. The molecule has 0 unspecified atom stereocenters. The molecule has 35 heavy (non-hydrogen) atoms. The van der Waals surface area contributed by atoms with Crippen molar-refractivity contribution in [3.63, 3.8) is 0 Å².